The zero-order chi connectivity index (χ0) is 11.8. The first-order valence-electron chi connectivity index (χ1n) is 5.76. The highest BCUT2D eigenvalue weighted by Crippen LogP contribution is 2.33. The first kappa shape index (κ1) is 10.7. The molecule has 1 aromatic carbocycles. The van der Waals surface area contributed by atoms with Gasteiger partial charge in [0.15, 0.2) is 0 Å². The second-order valence-corrected chi connectivity index (χ2v) is 4.91. The Morgan fingerprint density at radius 1 is 1.29 bits per heavy atom. The van der Waals surface area contributed by atoms with E-state index in [4.69, 9.17) is 11.6 Å². The van der Waals surface area contributed by atoms with Crippen LogP contribution in [0.1, 0.15) is 24.4 Å². The molecule has 3 rings (SSSR count). The molecule has 1 aliphatic rings. The normalized spacial score (nSPS) is 15.1. The Hall–Kier alpha value is -1.48. The Kier molecular flexibility index (Phi) is 2.56. The van der Waals surface area contributed by atoms with Crippen LogP contribution in [0.2, 0.25) is 5.02 Å². The van der Waals surface area contributed by atoms with E-state index in [1.54, 1.807) is 4.57 Å². The van der Waals surface area contributed by atoms with E-state index in [9.17, 15) is 4.79 Å². The number of aromatic nitrogens is 2. The van der Waals surface area contributed by atoms with Gasteiger partial charge in [-0.15, -0.1) is 0 Å². The summed E-state index contributed by atoms with van der Waals surface area (Å²) < 4.78 is 3.55. The van der Waals surface area contributed by atoms with Crippen LogP contribution in [0.5, 0.6) is 0 Å². The fraction of sp³-hybridized carbons (Fsp3) is 0.308. The van der Waals surface area contributed by atoms with Crippen molar-refractivity contribution in [1.29, 1.82) is 0 Å². The molecule has 0 N–H and O–H groups in total. The minimum Gasteiger partial charge on any atom is -0.296 e. The van der Waals surface area contributed by atoms with E-state index >= 15 is 0 Å². The van der Waals surface area contributed by atoms with Gasteiger partial charge < -0.3 is 0 Å². The minimum absolute atomic E-state index is 0.0764. The van der Waals surface area contributed by atoms with Crippen molar-refractivity contribution in [2.45, 2.75) is 25.4 Å². The van der Waals surface area contributed by atoms with Crippen molar-refractivity contribution in [3.05, 3.63) is 57.7 Å². The molecule has 0 atom stereocenters. The summed E-state index contributed by atoms with van der Waals surface area (Å²) >= 11 is 5.92. The van der Waals surface area contributed by atoms with Crippen LogP contribution in [0.3, 0.4) is 0 Å². The third-order valence-electron chi connectivity index (χ3n) is 3.06. The molecule has 0 amide bonds. The van der Waals surface area contributed by atoms with Gasteiger partial charge in [0, 0.05) is 23.5 Å². The molecule has 0 saturated heterocycles. The Bertz CT molecular complexity index is 595. The van der Waals surface area contributed by atoms with Gasteiger partial charge >= 0.3 is 5.69 Å². The van der Waals surface area contributed by atoms with Crippen LogP contribution in [-0.4, -0.2) is 9.13 Å². The van der Waals surface area contributed by atoms with Crippen LogP contribution in [-0.2, 0) is 6.54 Å². The van der Waals surface area contributed by atoms with E-state index < -0.39 is 0 Å². The molecule has 1 aliphatic carbocycles. The summed E-state index contributed by atoms with van der Waals surface area (Å²) in [6.45, 7) is 0.582. The van der Waals surface area contributed by atoms with Gasteiger partial charge in [-0.1, -0.05) is 23.7 Å². The summed E-state index contributed by atoms with van der Waals surface area (Å²) in [5.74, 6) is 0. The fourth-order valence-electron chi connectivity index (χ4n) is 2.01. The molecule has 0 aliphatic heterocycles. The lowest BCUT2D eigenvalue weighted by Gasteiger charge is -2.02. The van der Waals surface area contributed by atoms with Crippen molar-refractivity contribution in [2.24, 2.45) is 0 Å². The van der Waals surface area contributed by atoms with Crippen molar-refractivity contribution in [2.75, 3.05) is 0 Å². The zero-order valence-electron chi connectivity index (χ0n) is 9.34. The highest BCUT2D eigenvalue weighted by molar-refractivity contribution is 6.30. The topological polar surface area (TPSA) is 26.9 Å². The van der Waals surface area contributed by atoms with E-state index in [0.29, 0.717) is 17.6 Å². The Balaban J connectivity index is 1.88. The maximum atomic E-state index is 12.0. The lowest BCUT2D eigenvalue weighted by atomic mass is 10.2. The minimum atomic E-state index is 0.0764. The number of imidazole rings is 1. The maximum Gasteiger partial charge on any atom is 0.328 e. The number of hydrogen-bond donors (Lipinski definition) is 0. The summed E-state index contributed by atoms with van der Waals surface area (Å²) in [7, 11) is 0. The van der Waals surface area contributed by atoms with Crippen molar-refractivity contribution in [1.82, 2.24) is 9.13 Å². The second kappa shape index (κ2) is 4.08. The maximum absolute atomic E-state index is 12.0. The molecular formula is C13H13ClN2O. The average molecular weight is 249 g/mol. The van der Waals surface area contributed by atoms with Crippen molar-refractivity contribution >= 4 is 11.6 Å². The predicted molar refractivity (Wildman–Crippen MR) is 67.5 cm³/mol. The molecular weight excluding hydrogens is 236 g/mol. The monoisotopic (exact) mass is 248 g/mol. The molecule has 0 bridgehead atoms. The number of halogens is 1. The predicted octanol–water partition coefficient (Wildman–Crippen LogP) is 2.69. The van der Waals surface area contributed by atoms with Crippen LogP contribution in [0.15, 0.2) is 41.5 Å². The molecule has 88 valence electrons. The molecule has 0 radical (unpaired) electrons. The summed E-state index contributed by atoms with van der Waals surface area (Å²) in [6.07, 6.45) is 5.98. The summed E-state index contributed by atoms with van der Waals surface area (Å²) in [5, 5.41) is 0.706. The number of hydrogen-bond acceptors (Lipinski definition) is 1. The molecule has 1 aromatic heterocycles. The molecule has 17 heavy (non-hydrogen) atoms. The summed E-state index contributed by atoms with van der Waals surface area (Å²) in [5.41, 5.74) is 1.13. The molecule has 1 fully saturated rings. The SMILES string of the molecule is O=c1n(Cc2cccc(Cl)c2)ccn1C1CC1. The van der Waals surface area contributed by atoms with Gasteiger partial charge in [0.2, 0.25) is 0 Å². The zero-order valence-corrected chi connectivity index (χ0v) is 10.1. The summed E-state index contributed by atoms with van der Waals surface area (Å²) in [6, 6.07) is 8.04. The van der Waals surface area contributed by atoms with Gasteiger partial charge in [-0.05, 0) is 30.5 Å². The second-order valence-electron chi connectivity index (χ2n) is 4.48. The Morgan fingerprint density at radius 3 is 2.82 bits per heavy atom. The molecule has 0 unspecified atom stereocenters. The van der Waals surface area contributed by atoms with Crippen LogP contribution in [0, 0.1) is 0 Å². The first-order chi connectivity index (χ1) is 8.24. The van der Waals surface area contributed by atoms with Crippen LogP contribution >= 0.6 is 11.6 Å². The van der Waals surface area contributed by atoms with Crippen LogP contribution in [0.4, 0.5) is 0 Å². The molecule has 2 aromatic rings. The Morgan fingerprint density at radius 2 is 2.12 bits per heavy atom. The lowest BCUT2D eigenvalue weighted by molar-refractivity contribution is 0.656. The van der Waals surface area contributed by atoms with Gasteiger partial charge in [-0.3, -0.25) is 9.13 Å². The highest BCUT2D eigenvalue weighted by atomic mass is 35.5. The molecule has 3 nitrogen and oxygen atoms in total. The van der Waals surface area contributed by atoms with Gasteiger partial charge in [-0.2, -0.15) is 0 Å². The van der Waals surface area contributed by atoms with Crippen LogP contribution < -0.4 is 5.69 Å². The number of benzene rings is 1. The number of rotatable bonds is 3. The summed E-state index contributed by atoms with van der Waals surface area (Å²) in [4.78, 5) is 12.0. The van der Waals surface area contributed by atoms with Crippen LogP contribution in [0.25, 0.3) is 0 Å². The van der Waals surface area contributed by atoms with E-state index in [1.165, 1.54) is 0 Å². The van der Waals surface area contributed by atoms with E-state index in [1.807, 2.05) is 41.2 Å². The molecule has 4 heteroatoms. The highest BCUT2D eigenvalue weighted by Gasteiger charge is 2.25. The first-order valence-corrected chi connectivity index (χ1v) is 6.13. The third kappa shape index (κ3) is 2.15. The quantitative estimate of drug-likeness (QED) is 0.821. The van der Waals surface area contributed by atoms with Crippen molar-refractivity contribution in [3.63, 3.8) is 0 Å². The molecule has 1 saturated carbocycles. The van der Waals surface area contributed by atoms with Crippen molar-refractivity contribution in [3.8, 4) is 0 Å². The average Bonchev–Trinajstić information content (AvgIpc) is 3.07. The van der Waals surface area contributed by atoms with Gasteiger partial charge in [0.05, 0.1) is 6.54 Å². The van der Waals surface area contributed by atoms with E-state index in [2.05, 4.69) is 0 Å². The standard InChI is InChI=1S/C13H13ClN2O/c14-11-3-1-2-10(8-11)9-15-6-7-16(13(15)17)12-4-5-12/h1-3,6-8,12H,4-5,9H2. The fourth-order valence-corrected chi connectivity index (χ4v) is 2.22. The van der Waals surface area contributed by atoms with Gasteiger partial charge in [-0.25, -0.2) is 4.79 Å². The van der Waals surface area contributed by atoms with Gasteiger partial charge in [0.1, 0.15) is 0 Å². The Labute approximate surface area is 104 Å². The smallest absolute Gasteiger partial charge is 0.296 e. The van der Waals surface area contributed by atoms with E-state index in [-0.39, 0.29) is 5.69 Å². The van der Waals surface area contributed by atoms with E-state index in [0.717, 1.165) is 18.4 Å². The van der Waals surface area contributed by atoms with Gasteiger partial charge in [0.25, 0.3) is 0 Å². The lowest BCUT2D eigenvalue weighted by Crippen LogP contribution is -2.23. The molecule has 1 heterocycles. The third-order valence-corrected chi connectivity index (χ3v) is 3.29. The largest absolute Gasteiger partial charge is 0.328 e. The van der Waals surface area contributed by atoms with Crippen molar-refractivity contribution < 1.29 is 0 Å². The number of nitrogens with zero attached hydrogens (tertiary/aromatic N) is 2. The molecule has 0 spiro atoms.